The maximum absolute atomic E-state index is 12.8. The fraction of sp³-hybridized carbons (Fsp3) is 0.250. The molecule has 0 spiro atoms. The van der Waals surface area contributed by atoms with Crippen LogP contribution < -0.4 is 16.1 Å². The quantitative estimate of drug-likeness (QED) is 0.632. The van der Waals surface area contributed by atoms with Crippen molar-refractivity contribution in [3.05, 3.63) is 74.2 Å². The molecule has 3 aromatic rings. The third-order valence-corrected chi connectivity index (χ3v) is 4.99. The Balaban J connectivity index is 1.65. The Morgan fingerprint density at radius 1 is 1.19 bits per heavy atom. The summed E-state index contributed by atoms with van der Waals surface area (Å²) in [6, 6.07) is 8.16. The number of rotatable bonds is 3. The Bertz CT molecular complexity index is 1290. The summed E-state index contributed by atoms with van der Waals surface area (Å²) < 4.78 is 44.2. The van der Waals surface area contributed by atoms with Gasteiger partial charge in [0.25, 0.3) is 5.56 Å². The van der Waals surface area contributed by atoms with Crippen LogP contribution in [0.15, 0.2) is 46.1 Å². The van der Waals surface area contributed by atoms with Crippen molar-refractivity contribution in [1.29, 1.82) is 5.26 Å². The minimum absolute atomic E-state index is 0.0164. The number of benzene rings is 1. The maximum Gasteiger partial charge on any atom is 0.416 e. The lowest BCUT2D eigenvalue weighted by Gasteiger charge is -2.35. The summed E-state index contributed by atoms with van der Waals surface area (Å²) in [4.78, 5) is 29.6. The molecule has 1 unspecified atom stereocenters. The predicted octanol–water partition coefficient (Wildman–Crippen LogP) is 1.99. The smallest absolute Gasteiger partial charge is 0.370 e. The van der Waals surface area contributed by atoms with Crippen molar-refractivity contribution in [1.82, 2.24) is 20.2 Å². The van der Waals surface area contributed by atoms with Crippen LogP contribution >= 0.6 is 0 Å². The van der Waals surface area contributed by atoms with Gasteiger partial charge in [-0.15, -0.1) is 10.2 Å². The van der Waals surface area contributed by atoms with E-state index in [9.17, 15) is 28.0 Å². The third kappa shape index (κ3) is 4.23. The predicted molar refractivity (Wildman–Crippen MR) is 106 cm³/mol. The topological polar surface area (TPSA) is 128 Å². The molecule has 2 aromatic heterocycles. The third-order valence-electron chi connectivity index (χ3n) is 4.99. The average Bonchev–Trinajstić information content (AvgIpc) is 2.78. The number of aromatic nitrogens is 4. The van der Waals surface area contributed by atoms with Gasteiger partial charge in [-0.1, -0.05) is 12.1 Å². The van der Waals surface area contributed by atoms with E-state index in [2.05, 4.69) is 20.2 Å². The van der Waals surface area contributed by atoms with Crippen LogP contribution in [-0.4, -0.2) is 39.9 Å². The number of hydrogen-bond donors (Lipinski definition) is 2. The van der Waals surface area contributed by atoms with Gasteiger partial charge >= 0.3 is 11.9 Å². The zero-order valence-electron chi connectivity index (χ0n) is 16.3. The van der Waals surface area contributed by atoms with Gasteiger partial charge in [-0.25, -0.2) is 4.79 Å². The summed E-state index contributed by atoms with van der Waals surface area (Å²) in [6.45, 7) is 0.888. The van der Waals surface area contributed by atoms with Crippen LogP contribution in [0, 0.1) is 11.3 Å². The van der Waals surface area contributed by atoms with Gasteiger partial charge in [-0.3, -0.25) is 9.78 Å². The molecule has 0 radical (unpaired) electrons. The molecule has 12 heteroatoms. The highest BCUT2D eigenvalue weighted by Crippen LogP contribution is 2.32. The van der Waals surface area contributed by atoms with Crippen LogP contribution in [-0.2, 0) is 10.9 Å². The van der Waals surface area contributed by atoms with E-state index in [1.165, 1.54) is 24.4 Å². The molecule has 4 rings (SSSR count). The van der Waals surface area contributed by atoms with E-state index in [0.29, 0.717) is 17.8 Å². The molecular weight excluding hydrogens is 429 g/mol. The molecule has 9 nitrogen and oxygen atoms in total. The van der Waals surface area contributed by atoms with Gasteiger partial charge in [0.1, 0.15) is 17.9 Å². The second-order valence-electron chi connectivity index (χ2n) is 6.99. The number of nitrogens with zero attached hydrogens (tertiary/aromatic N) is 4. The van der Waals surface area contributed by atoms with E-state index in [0.717, 1.165) is 12.1 Å². The lowest BCUT2D eigenvalue weighted by atomic mass is 10.0. The molecule has 2 N–H and O–H groups in total. The summed E-state index contributed by atoms with van der Waals surface area (Å²) in [6.07, 6.45) is -3.77. The monoisotopic (exact) mass is 444 g/mol. The molecule has 0 amide bonds. The summed E-state index contributed by atoms with van der Waals surface area (Å²) in [5, 5.41) is 17.2. The van der Waals surface area contributed by atoms with E-state index in [-0.39, 0.29) is 30.1 Å². The molecule has 1 aromatic carbocycles. The van der Waals surface area contributed by atoms with E-state index >= 15 is 0 Å². The number of alkyl halides is 3. The molecule has 3 heterocycles. The highest BCUT2D eigenvalue weighted by molar-refractivity contribution is 5.66. The Hall–Kier alpha value is -3.98. The lowest BCUT2D eigenvalue weighted by molar-refractivity contribution is -0.137. The molecule has 32 heavy (non-hydrogen) atoms. The van der Waals surface area contributed by atoms with Crippen molar-refractivity contribution in [2.75, 3.05) is 24.6 Å². The standard InChI is InChI=1S/C20H15F3N6O3/c21-20(22,23)12-3-1-11(2-4-12)17-10-29(5-6-32-17)16-7-14(27-28-15(16)8-24)13-9-25-19(31)26-18(13)30/h1-4,7,9,17H,5-6,10H2,(H2,25,26,30,31). The number of halogens is 3. The Kier molecular flexibility index (Phi) is 5.50. The van der Waals surface area contributed by atoms with E-state index in [1.54, 1.807) is 4.90 Å². The zero-order chi connectivity index (χ0) is 22.9. The molecule has 0 saturated carbocycles. The minimum Gasteiger partial charge on any atom is -0.370 e. The lowest BCUT2D eigenvalue weighted by Crippen LogP contribution is -2.39. The van der Waals surface area contributed by atoms with Crippen LogP contribution in [0.2, 0.25) is 0 Å². The van der Waals surface area contributed by atoms with Crippen molar-refractivity contribution < 1.29 is 17.9 Å². The summed E-state index contributed by atoms with van der Waals surface area (Å²) in [7, 11) is 0. The molecule has 1 saturated heterocycles. The van der Waals surface area contributed by atoms with Crippen LogP contribution in [0.4, 0.5) is 18.9 Å². The van der Waals surface area contributed by atoms with Crippen molar-refractivity contribution in [2.24, 2.45) is 0 Å². The number of nitriles is 1. The highest BCUT2D eigenvalue weighted by Gasteiger charge is 2.31. The Morgan fingerprint density at radius 3 is 2.59 bits per heavy atom. The number of hydrogen-bond acceptors (Lipinski definition) is 7. The van der Waals surface area contributed by atoms with Crippen molar-refractivity contribution in [2.45, 2.75) is 12.3 Å². The molecule has 0 aliphatic carbocycles. The molecule has 0 bridgehead atoms. The first-order valence-corrected chi connectivity index (χ1v) is 9.40. The first-order chi connectivity index (χ1) is 15.3. The van der Waals surface area contributed by atoms with Crippen LogP contribution in [0.25, 0.3) is 11.3 Å². The summed E-state index contributed by atoms with van der Waals surface area (Å²) in [5.74, 6) is 0. The van der Waals surface area contributed by atoms with Crippen molar-refractivity contribution in [3.8, 4) is 17.3 Å². The van der Waals surface area contributed by atoms with Crippen LogP contribution in [0.3, 0.4) is 0 Å². The normalized spacial score (nSPS) is 16.6. The largest absolute Gasteiger partial charge is 0.416 e. The summed E-state index contributed by atoms with van der Waals surface area (Å²) >= 11 is 0. The average molecular weight is 444 g/mol. The second-order valence-corrected chi connectivity index (χ2v) is 6.99. The van der Waals surface area contributed by atoms with E-state index < -0.39 is 29.1 Å². The highest BCUT2D eigenvalue weighted by atomic mass is 19.4. The Labute approximate surface area is 178 Å². The molecule has 1 aliphatic heterocycles. The second kappa shape index (κ2) is 8.27. The summed E-state index contributed by atoms with van der Waals surface area (Å²) in [5.41, 5.74) is -0.915. The van der Waals surface area contributed by atoms with Gasteiger partial charge in [-0.2, -0.15) is 18.4 Å². The fourth-order valence-electron chi connectivity index (χ4n) is 3.39. The number of ether oxygens (including phenoxy) is 1. The van der Waals surface area contributed by atoms with Crippen LogP contribution in [0.5, 0.6) is 0 Å². The van der Waals surface area contributed by atoms with Gasteiger partial charge in [0.15, 0.2) is 5.69 Å². The Morgan fingerprint density at radius 2 is 1.94 bits per heavy atom. The van der Waals surface area contributed by atoms with E-state index in [1.807, 2.05) is 6.07 Å². The number of morpholine rings is 1. The molecule has 1 aliphatic rings. The number of anilines is 1. The first kappa shape index (κ1) is 21.3. The van der Waals surface area contributed by atoms with Gasteiger partial charge in [0.05, 0.1) is 23.4 Å². The van der Waals surface area contributed by atoms with E-state index in [4.69, 9.17) is 4.74 Å². The molecule has 1 atom stereocenters. The van der Waals surface area contributed by atoms with Gasteiger partial charge in [0, 0.05) is 19.3 Å². The molecule has 1 fully saturated rings. The number of aromatic amines is 2. The molecular formula is C20H15F3N6O3. The van der Waals surface area contributed by atoms with Crippen molar-refractivity contribution in [3.63, 3.8) is 0 Å². The SMILES string of the molecule is N#Cc1nnc(-c2c[nH]c(=O)[nH]c2=O)cc1N1CCOC(c2ccc(C(F)(F)F)cc2)C1. The number of H-pyrrole nitrogens is 2. The first-order valence-electron chi connectivity index (χ1n) is 9.40. The zero-order valence-corrected chi connectivity index (χ0v) is 16.3. The van der Waals surface area contributed by atoms with Gasteiger partial charge in [-0.05, 0) is 23.8 Å². The number of nitrogens with one attached hydrogen (secondary N) is 2. The molecule has 164 valence electrons. The van der Waals surface area contributed by atoms with Crippen molar-refractivity contribution >= 4 is 5.69 Å². The van der Waals surface area contributed by atoms with Crippen LogP contribution in [0.1, 0.15) is 22.9 Å². The van der Waals surface area contributed by atoms with Gasteiger partial charge < -0.3 is 14.6 Å². The fourth-order valence-corrected chi connectivity index (χ4v) is 3.39. The maximum atomic E-state index is 12.8. The van der Waals surface area contributed by atoms with Gasteiger partial charge in [0.2, 0.25) is 0 Å². The minimum atomic E-state index is -4.43.